The van der Waals surface area contributed by atoms with E-state index in [1.54, 1.807) is 6.92 Å². The van der Waals surface area contributed by atoms with Gasteiger partial charge in [-0.2, -0.15) is 0 Å². The van der Waals surface area contributed by atoms with E-state index in [9.17, 15) is 24.3 Å². The third kappa shape index (κ3) is 10.8. The van der Waals surface area contributed by atoms with Crippen LogP contribution in [-0.4, -0.2) is 60.0 Å². The Bertz CT molecular complexity index is 555. The summed E-state index contributed by atoms with van der Waals surface area (Å²) >= 11 is 0. The van der Waals surface area contributed by atoms with E-state index < -0.39 is 41.8 Å². The van der Waals surface area contributed by atoms with Crippen LogP contribution >= 0.6 is 0 Å². The number of nitrogens with two attached hydrogens (primary N) is 2. The Labute approximate surface area is 172 Å². The highest BCUT2D eigenvalue weighted by molar-refractivity contribution is 5.92. The van der Waals surface area contributed by atoms with Gasteiger partial charge < -0.3 is 32.5 Å². The summed E-state index contributed by atoms with van der Waals surface area (Å²) in [5, 5.41) is 16.8. The Morgan fingerprint density at radius 2 is 1.66 bits per heavy atom. The standard InChI is InChI=1S/C19H37N5O5/c1-5-12(4)16(18(27)23-14(19(28)29)9-11(2)3)24-15(25)10-22-17(26)13(21)7-6-8-20/h11-14,16H,5-10,20-21H2,1-4H3,(H,22,26)(H,23,27)(H,24,25)(H,28,29)/t12-,13-,14-,16-/m0/s1. The molecule has 0 aliphatic rings. The molecule has 3 amide bonds. The lowest BCUT2D eigenvalue weighted by molar-refractivity contribution is -0.143. The first-order chi connectivity index (χ1) is 13.5. The minimum Gasteiger partial charge on any atom is -0.480 e. The van der Waals surface area contributed by atoms with E-state index in [1.165, 1.54) is 0 Å². The third-order valence-corrected chi connectivity index (χ3v) is 4.61. The first-order valence-electron chi connectivity index (χ1n) is 10.1. The minimum absolute atomic E-state index is 0.0757. The number of carbonyl (C=O) groups is 4. The molecule has 0 aliphatic heterocycles. The Hall–Kier alpha value is -2.20. The molecular formula is C19H37N5O5. The maximum Gasteiger partial charge on any atom is 0.326 e. The van der Waals surface area contributed by atoms with Crippen molar-refractivity contribution in [1.82, 2.24) is 16.0 Å². The first-order valence-corrected chi connectivity index (χ1v) is 10.1. The summed E-state index contributed by atoms with van der Waals surface area (Å²) in [5.41, 5.74) is 11.1. The molecule has 0 aromatic heterocycles. The Balaban J connectivity index is 4.89. The molecule has 0 rings (SSSR count). The molecule has 0 fully saturated rings. The summed E-state index contributed by atoms with van der Waals surface area (Å²) in [6.07, 6.45) is 1.88. The van der Waals surface area contributed by atoms with Crippen molar-refractivity contribution in [3.05, 3.63) is 0 Å². The fourth-order valence-electron chi connectivity index (χ4n) is 2.65. The van der Waals surface area contributed by atoms with Crippen LogP contribution in [0, 0.1) is 11.8 Å². The number of carboxylic acids is 1. The molecule has 0 bridgehead atoms. The van der Waals surface area contributed by atoms with Gasteiger partial charge in [0.1, 0.15) is 12.1 Å². The molecule has 0 saturated heterocycles. The predicted molar refractivity (Wildman–Crippen MR) is 110 cm³/mol. The smallest absolute Gasteiger partial charge is 0.326 e. The number of carboxylic acid groups (broad SMARTS) is 1. The summed E-state index contributed by atoms with van der Waals surface area (Å²) in [5.74, 6) is -2.87. The number of nitrogens with one attached hydrogen (secondary N) is 3. The zero-order chi connectivity index (χ0) is 22.6. The van der Waals surface area contributed by atoms with Gasteiger partial charge >= 0.3 is 5.97 Å². The van der Waals surface area contributed by atoms with Crippen LogP contribution in [0.5, 0.6) is 0 Å². The van der Waals surface area contributed by atoms with Gasteiger partial charge in [0.2, 0.25) is 17.7 Å². The zero-order valence-corrected chi connectivity index (χ0v) is 17.9. The summed E-state index contributed by atoms with van der Waals surface area (Å²) in [4.78, 5) is 48.2. The summed E-state index contributed by atoms with van der Waals surface area (Å²) in [6, 6.07) is -2.71. The summed E-state index contributed by atoms with van der Waals surface area (Å²) in [6.45, 7) is 7.45. The molecule has 168 valence electrons. The van der Waals surface area contributed by atoms with Gasteiger partial charge in [0.05, 0.1) is 12.6 Å². The molecular weight excluding hydrogens is 378 g/mol. The van der Waals surface area contributed by atoms with Crippen molar-refractivity contribution in [1.29, 1.82) is 0 Å². The highest BCUT2D eigenvalue weighted by Gasteiger charge is 2.30. The monoisotopic (exact) mass is 415 g/mol. The highest BCUT2D eigenvalue weighted by atomic mass is 16.4. The quantitative estimate of drug-likeness (QED) is 0.217. The van der Waals surface area contributed by atoms with Gasteiger partial charge in [-0.25, -0.2) is 4.79 Å². The summed E-state index contributed by atoms with van der Waals surface area (Å²) in [7, 11) is 0. The lowest BCUT2D eigenvalue weighted by atomic mass is 9.97. The molecule has 0 unspecified atom stereocenters. The van der Waals surface area contributed by atoms with Gasteiger partial charge in [-0.15, -0.1) is 0 Å². The molecule has 10 heteroatoms. The van der Waals surface area contributed by atoms with E-state index in [0.717, 1.165) is 0 Å². The topological polar surface area (TPSA) is 177 Å². The van der Waals surface area contributed by atoms with E-state index in [-0.39, 0.29) is 24.8 Å². The zero-order valence-electron chi connectivity index (χ0n) is 17.9. The largest absolute Gasteiger partial charge is 0.480 e. The average molecular weight is 416 g/mol. The Morgan fingerprint density at radius 1 is 1.03 bits per heavy atom. The van der Waals surface area contributed by atoms with E-state index in [4.69, 9.17) is 11.5 Å². The lowest BCUT2D eigenvalue weighted by Crippen LogP contribution is -2.56. The van der Waals surface area contributed by atoms with Crippen molar-refractivity contribution in [2.24, 2.45) is 23.3 Å². The molecule has 0 aromatic carbocycles. The lowest BCUT2D eigenvalue weighted by Gasteiger charge is -2.26. The molecule has 4 atom stereocenters. The Kier molecular flexibility index (Phi) is 12.8. The van der Waals surface area contributed by atoms with E-state index >= 15 is 0 Å². The molecule has 0 aromatic rings. The van der Waals surface area contributed by atoms with Gasteiger partial charge in [0.25, 0.3) is 0 Å². The van der Waals surface area contributed by atoms with Crippen molar-refractivity contribution in [3.63, 3.8) is 0 Å². The SMILES string of the molecule is CC[C@H](C)[C@H](NC(=O)CNC(=O)[C@@H](N)CCCN)C(=O)N[C@@H](CC(C)C)C(=O)O. The highest BCUT2D eigenvalue weighted by Crippen LogP contribution is 2.10. The van der Waals surface area contributed by atoms with Crippen LogP contribution in [0.3, 0.4) is 0 Å². The number of aliphatic carboxylic acids is 1. The van der Waals surface area contributed by atoms with Gasteiger partial charge in [0, 0.05) is 0 Å². The Morgan fingerprint density at radius 3 is 2.14 bits per heavy atom. The van der Waals surface area contributed by atoms with E-state index in [0.29, 0.717) is 25.8 Å². The van der Waals surface area contributed by atoms with Crippen LogP contribution in [0.25, 0.3) is 0 Å². The minimum atomic E-state index is -1.12. The van der Waals surface area contributed by atoms with Crippen molar-refractivity contribution in [2.45, 2.75) is 71.5 Å². The van der Waals surface area contributed by atoms with Crippen LogP contribution in [0.1, 0.15) is 53.4 Å². The average Bonchev–Trinajstić information content (AvgIpc) is 2.66. The number of rotatable bonds is 14. The maximum atomic E-state index is 12.6. The van der Waals surface area contributed by atoms with Crippen LogP contribution in [-0.2, 0) is 19.2 Å². The van der Waals surface area contributed by atoms with Crippen molar-refractivity contribution in [3.8, 4) is 0 Å². The summed E-state index contributed by atoms with van der Waals surface area (Å²) < 4.78 is 0. The molecule has 29 heavy (non-hydrogen) atoms. The number of hydrogen-bond acceptors (Lipinski definition) is 6. The molecule has 0 radical (unpaired) electrons. The molecule has 10 nitrogen and oxygen atoms in total. The first kappa shape index (κ1) is 26.8. The molecule has 0 heterocycles. The van der Waals surface area contributed by atoms with Crippen molar-refractivity contribution >= 4 is 23.7 Å². The van der Waals surface area contributed by atoms with E-state index in [2.05, 4.69) is 16.0 Å². The molecule has 0 aliphatic carbocycles. The maximum absolute atomic E-state index is 12.6. The van der Waals surface area contributed by atoms with Crippen LogP contribution < -0.4 is 27.4 Å². The number of carbonyl (C=O) groups excluding carboxylic acids is 3. The van der Waals surface area contributed by atoms with Gasteiger partial charge in [-0.1, -0.05) is 34.1 Å². The normalized spacial score (nSPS) is 15.1. The van der Waals surface area contributed by atoms with Gasteiger partial charge in [-0.05, 0) is 37.6 Å². The third-order valence-electron chi connectivity index (χ3n) is 4.61. The van der Waals surface area contributed by atoms with Crippen molar-refractivity contribution in [2.75, 3.05) is 13.1 Å². The van der Waals surface area contributed by atoms with Crippen molar-refractivity contribution < 1.29 is 24.3 Å². The van der Waals surface area contributed by atoms with E-state index in [1.807, 2.05) is 20.8 Å². The van der Waals surface area contributed by atoms with Crippen LogP contribution in [0.4, 0.5) is 0 Å². The fraction of sp³-hybridized carbons (Fsp3) is 0.789. The fourth-order valence-corrected chi connectivity index (χ4v) is 2.65. The molecule has 0 spiro atoms. The van der Waals surface area contributed by atoms with Gasteiger partial charge in [-0.3, -0.25) is 14.4 Å². The number of hydrogen-bond donors (Lipinski definition) is 6. The predicted octanol–water partition coefficient (Wildman–Crippen LogP) is -0.685. The number of amides is 3. The molecule has 0 saturated carbocycles. The second-order valence-corrected chi connectivity index (χ2v) is 7.71. The second kappa shape index (κ2) is 13.9. The van der Waals surface area contributed by atoms with Gasteiger partial charge in [0.15, 0.2) is 0 Å². The van der Waals surface area contributed by atoms with Crippen LogP contribution in [0.15, 0.2) is 0 Å². The second-order valence-electron chi connectivity index (χ2n) is 7.71. The molecule has 8 N–H and O–H groups in total. The van der Waals surface area contributed by atoms with Crippen LogP contribution in [0.2, 0.25) is 0 Å².